The molecule has 0 saturated carbocycles. The molecule has 1 aromatic heterocycles. The van der Waals surface area contributed by atoms with Crippen LogP contribution in [0, 0.1) is 0 Å². The summed E-state index contributed by atoms with van der Waals surface area (Å²) in [6.45, 7) is 0.913. The normalized spacial score (nSPS) is 10.6. The van der Waals surface area contributed by atoms with E-state index < -0.39 is 5.97 Å². The van der Waals surface area contributed by atoms with Gasteiger partial charge in [0.15, 0.2) is 0 Å². The number of carbonyl (C=O) groups is 2. The molecule has 0 aliphatic carbocycles. The number of carboxylic acid groups (broad SMARTS) is 1. The molecule has 0 spiro atoms. The van der Waals surface area contributed by atoms with Gasteiger partial charge in [-0.2, -0.15) is 0 Å². The van der Waals surface area contributed by atoms with Gasteiger partial charge in [0.1, 0.15) is 0 Å². The van der Waals surface area contributed by atoms with Crippen LogP contribution in [0.5, 0.6) is 0 Å². The van der Waals surface area contributed by atoms with Crippen LogP contribution in [0.3, 0.4) is 0 Å². The van der Waals surface area contributed by atoms with Crippen LogP contribution in [0.1, 0.15) is 14.5 Å². The molecule has 0 unspecified atom stereocenters. The van der Waals surface area contributed by atoms with E-state index in [-0.39, 0.29) is 5.91 Å². The molecule has 92 valence electrons. The first-order chi connectivity index (χ1) is 8.13. The van der Waals surface area contributed by atoms with E-state index in [1.165, 1.54) is 17.4 Å². The Morgan fingerprint density at radius 3 is 2.94 bits per heavy atom. The Morgan fingerprint density at radius 2 is 2.29 bits per heavy atom. The number of carboxylic acids is 1. The van der Waals surface area contributed by atoms with Gasteiger partial charge in [-0.05, 0) is 18.2 Å². The van der Waals surface area contributed by atoms with Gasteiger partial charge in [-0.25, -0.2) is 4.79 Å². The highest BCUT2D eigenvalue weighted by molar-refractivity contribution is 7.14. The molecule has 1 aromatic rings. The maximum atomic E-state index is 11.6. The van der Waals surface area contributed by atoms with Crippen molar-refractivity contribution in [3.05, 3.63) is 28.0 Å². The van der Waals surface area contributed by atoms with Gasteiger partial charge in [0, 0.05) is 24.6 Å². The smallest absolute Gasteiger partial charge is 0.328 e. The minimum atomic E-state index is -1.01. The number of methoxy groups -OCH3 is 1. The van der Waals surface area contributed by atoms with Crippen LogP contribution in [-0.4, -0.2) is 37.2 Å². The second-order valence-electron chi connectivity index (χ2n) is 3.12. The molecule has 0 aromatic carbocycles. The lowest BCUT2D eigenvalue weighted by molar-refractivity contribution is -0.131. The maximum Gasteiger partial charge on any atom is 0.328 e. The predicted molar refractivity (Wildman–Crippen MR) is 65.2 cm³/mol. The van der Waals surface area contributed by atoms with E-state index >= 15 is 0 Å². The molecule has 0 radical (unpaired) electrons. The number of hydrogen-bond donors (Lipinski definition) is 2. The zero-order chi connectivity index (χ0) is 12.7. The number of hydrogen-bond acceptors (Lipinski definition) is 4. The average molecular weight is 255 g/mol. The second kappa shape index (κ2) is 6.82. The number of rotatable bonds is 6. The summed E-state index contributed by atoms with van der Waals surface area (Å²) < 4.78 is 4.81. The minimum Gasteiger partial charge on any atom is -0.478 e. The van der Waals surface area contributed by atoms with Crippen LogP contribution >= 0.6 is 11.3 Å². The van der Waals surface area contributed by atoms with Gasteiger partial charge >= 0.3 is 5.97 Å². The largest absolute Gasteiger partial charge is 0.478 e. The van der Waals surface area contributed by atoms with Crippen molar-refractivity contribution in [1.82, 2.24) is 5.32 Å². The predicted octanol–water partition coefficient (Wildman–Crippen LogP) is 1.22. The molecule has 5 nitrogen and oxygen atoms in total. The minimum absolute atomic E-state index is 0.179. The fourth-order valence-corrected chi connectivity index (χ4v) is 1.90. The van der Waals surface area contributed by atoms with Gasteiger partial charge in [0.05, 0.1) is 11.5 Å². The average Bonchev–Trinajstić information content (AvgIpc) is 2.75. The quantitative estimate of drug-likeness (QED) is 0.592. The lowest BCUT2D eigenvalue weighted by Crippen LogP contribution is -2.26. The van der Waals surface area contributed by atoms with Crippen molar-refractivity contribution in [1.29, 1.82) is 0 Å². The Morgan fingerprint density at radius 1 is 1.53 bits per heavy atom. The summed E-state index contributed by atoms with van der Waals surface area (Å²) >= 11 is 1.24. The van der Waals surface area contributed by atoms with Crippen LogP contribution in [0.15, 0.2) is 18.2 Å². The molecule has 1 rings (SSSR count). The van der Waals surface area contributed by atoms with Gasteiger partial charge in [0.25, 0.3) is 5.91 Å². The fourth-order valence-electron chi connectivity index (χ4n) is 1.07. The van der Waals surface area contributed by atoms with E-state index in [0.717, 1.165) is 11.0 Å². The third-order valence-corrected chi connectivity index (χ3v) is 2.88. The topological polar surface area (TPSA) is 75.6 Å². The molecule has 0 atom stereocenters. The van der Waals surface area contributed by atoms with E-state index in [2.05, 4.69) is 5.32 Å². The van der Waals surface area contributed by atoms with E-state index in [4.69, 9.17) is 9.84 Å². The molecule has 2 N–H and O–H groups in total. The molecule has 0 saturated heterocycles. The third kappa shape index (κ3) is 4.80. The number of aliphatic carboxylic acids is 1. The van der Waals surface area contributed by atoms with Crippen molar-refractivity contribution in [3.63, 3.8) is 0 Å². The molecule has 1 heterocycles. The maximum absolute atomic E-state index is 11.6. The first-order valence-electron chi connectivity index (χ1n) is 4.91. The van der Waals surface area contributed by atoms with Crippen LogP contribution < -0.4 is 5.32 Å². The van der Waals surface area contributed by atoms with Crippen LogP contribution in [0.2, 0.25) is 0 Å². The zero-order valence-electron chi connectivity index (χ0n) is 9.30. The molecular weight excluding hydrogens is 242 g/mol. The SMILES string of the molecule is COCCNC(=O)c1ccc(C=CC(=O)O)s1. The van der Waals surface area contributed by atoms with Gasteiger partial charge in [-0.3, -0.25) is 4.79 Å². The highest BCUT2D eigenvalue weighted by Gasteiger charge is 2.07. The summed E-state index contributed by atoms with van der Waals surface area (Å²) in [5, 5.41) is 11.1. The third-order valence-electron chi connectivity index (χ3n) is 1.83. The van der Waals surface area contributed by atoms with Gasteiger partial charge in [-0.15, -0.1) is 11.3 Å². The molecule has 17 heavy (non-hydrogen) atoms. The van der Waals surface area contributed by atoms with E-state index in [9.17, 15) is 9.59 Å². The number of nitrogens with one attached hydrogen (secondary N) is 1. The molecule has 1 amide bonds. The standard InChI is InChI=1S/C11H13NO4S/c1-16-7-6-12-11(15)9-4-2-8(17-9)3-5-10(13)14/h2-5H,6-7H2,1H3,(H,12,15)(H,13,14). The number of amides is 1. The molecule has 6 heteroatoms. The van der Waals surface area contributed by atoms with Crippen molar-refractivity contribution in [2.24, 2.45) is 0 Å². The monoisotopic (exact) mass is 255 g/mol. The van der Waals surface area contributed by atoms with Gasteiger partial charge < -0.3 is 15.2 Å². The Bertz CT molecular complexity index is 425. The van der Waals surface area contributed by atoms with Crippen molar-refractivity contribution in [2.45, 2.75) is 0 Å². The summed E-state index contributed by atoms with van der Waals surface area (Å²) in [7, 11) is 1.56. The van der Waals surface area contributed by atoms with E-state index in [0.29, 0.717) is 18.0 Å². The highest BCUT2D eigenvalue weighted by atomic mass is 32.1. The molecule has 0 aliphatic rings. The molecular formula is C11H13NO4S. The first-order valence-corrected chi connectivity index (χ1v) is 5.73. The van der Waals surface area contributed by atoms with Crippen molar-refractivity contribution in [2.75, 3.05) is 20.3 Å². The first kappa shape index (κ1) is 13.4. The molecule has 0 fully saturated rings. The van der Waals surface area contributed by atoms with Crippen molar-refractivity contribution >= 4 is 29.3 Å². The fraction of sp³-hybridized carbons (Fsp3) is 0.273. The van der Waals surface area contributed by atoms with Crippen molar-refractivity contribution < 1.29 is 19.4 Å². The summed E-state index contributed by atoms with van der Waals surface area (Å²) in [4.78, 5) is 23.2. The van der Waals surface area contributed by atoms with E-state index in [1.54, 1.807) is 19.2 Å². The number of thiophene rings is 1. The Labute approximate surface area is 103 Å². The number of ether oxygens (including phenoxy) is 1. The summed E-state index contributed by atoms with van der Waals surface area (Å²) in [6, 6.07) is 3.36. The Hall–Kier alpha value is -1.66. The van der Waals surface area contributed by atoms with Crippen LogP contribution in [0.25, 0.3) is 6.08 Å². The Balaban J connectivity index is 2.55. The lowest BCUT2D eigenvalue weighted by Gasteiger charge is -2.01. The van der Waals surface area contributed by atoms with E-state index in [1.807, 2.05) is 0 Å². The summed E-state index contributed by atoms with van der Waals surface area (Å²) in [5.74, 6) is -1.19. The van der Waals surface area contributed by atoms with Gasteiger partial charge in [0.2, 0.25) is 0 Å². The number of carbonyl (C=O) groups excluding carboxylic acids is 1. The van der Waals surface area contributed by atoms with Crippen molar-refractivity contribution in [3.8, 4) is 0 Å². The van der Waals surface area contributed by atoms with Crippen LogP contribution in [-0.2, 0) is 9.53 Å². The Kier molecular flexibility index (Phi) is 5.38. The molecule has 0 aliphatic heterocycles. The second-order valence-corrected chi connectivity index (χ2v) is 4.24. The highest BCUT2D eigenvalue weighted by Crippen LogP contribution is 2.17. The summed E-state index contributed by atoms with van der Waals surface area (Å²) in [6.07, 6.45) is 2.50. The zero-order valence-corrected chi connectivity index (χ0v) is 10.1. The van der Waals surface area contributed by atoms with Gasteiger partial charge in [-0.1, -0.05) is 0 Å². The molecule has 0 bridgehead atoms. The lowest BCUT2D eigenvalue weighted by atomic mass is 10.4. The van der Waals surface area contributed by atoms with Crippen LogP contribution in [0.4, 0.5) is 0 Å². The summed E-state index contributed by atoms with van der Waals surface area (Å²) in [5.41, 5.74) is 0.